The zero-order valence-corrected chi connectivity index (χ0v) is 22.6. The first-order valence-corrected chi connectivity index (χ1v) is 13.2. The van der Waals surface area contributed by atoms with Crippen LogP contribution in [-0.4, -0.2) is 80.7 Å². The van der Waals surface area contributed by atoms with Gasteiger partial charge in [-0.2, -0.15) is 5.10 Å². The monoisotopic (exact) mass is 569 g/mol. The van der Waals surface area contributed by atoms with Crippen molar-refractivity contribution in [3.05, 3.63) is 69.9 Å². The molecule has 1 aromatic carbocycles. The highest BCUT2D eigenvalue weighted by Crippen LogP contribution is 2.27. The second kappa shape index (κ2) is 13.8. The summed E-state index contributed by atoms with van der Waals surface area (Å²) in [6, 6.07) is 8.81. The molecule has 0 radical (unpaired) electrons. The normalized spacial score (nSPS) is 15.5. The van der Waals surface area contributed by atoms with Crippen LogP contribution >= 0.6 is 0 Å². The summed E-state index contributed by atoms with van der Waals surface area (Å²) < 4.78 is 27.2. The molecule has 3 aromatic rings. The number of nitrogens with one attached hydrogen (secondary N) is 1. The number of carbonyl (C=O) groups is 2. The minimum Gasteiger partial charge on any atom is -0.484 e. The maximum Gasteiger partial charge on any atom is 0.328 e. The summed E-state index contributed by atoms with van der Waals surface area (Å²) in [7, 11) is 1.71. The lowest BCUT2D eigenvalue weighted by Gasteiger charge is -2.32. The first-order valence-electron chi connectivity index (χ1n) is 13.2. The zero-order chi connectivity index (χ0) is 29.4. The second-order valence-corrected chi connectivity index (χ2v) is 9.65. The smallest absolute Gasteiger partial charge is 0.328 e. The summed E-state index contributed by atoms with van der Waals surface area (Å²) in [5, 5.41) is 28.4. The van der Waals surface area contributed by atoms with Crippen LogP contribution in [0.1, 0.15) is 24.1 Å². The fourth-order valence-electron chi connectivity index (χ4n) is 4.78. The number of aromatic nitrogens is 3. The minimum atomic E-state index is -1.26. The largest absolute Gasteiger partial charge is 0.484 e. The Hall–Kier alpha value is -4.36. The van der Waals surface area contributed by atoms with Gasteiger partial charge in [-0.05, 0) is 55.9 Å². The summed E-state index contributed by atoms with van der Waals surface area (Å²) in [5.74, 6) is -1.65. The predicted octanol–water partition coefficient (Wildman–Crippen LogP) is 1.75. The molecule has 2 aliphatic heterocycles. The van der Waals surface area contributed by atoms with Crippen LogP contribution in [-0.2, 0) is 29.6 Å². The van der Waals surface area contributed by atoms with E-state index in [2.05, 4.69) is 20.4 Å². The molecule has 1 fully saturated rings. The van der Waals surface area contributed by atoms with Crippen molar-refractivity contribution in [1.29, 1.82) is 0 Å². The van der Waals surface area contributed by atoms with Gasteiger partial charge in [0.2, 0.25) is 0 Å². The van der Waals surface area contributed by atoms with E-state index in [4.69, 9.17) is 19.7 Å². The number of hydrogen-bond acceptors (Lipinski definition) is 9. The molecule has 0 atom stereocenters. The molecule has 1 saturated heterocycles. The maximum atomic E-state index is 14.6. The highest BCUT2D eigenvalue weighted by molar-refractivity contribution is 5.89. The predicted molar refractivity (Wildman–Crippen MR) is 147 cm³/mol. The summed E-state index contributed by atoms with van der Waals surface area (Å²) in [5.41, 5.74) is 2.02. The second-order valence-electron chi connectivity index (χ2n) is 9.65. The van der Waals surface area contributed by atoms with Crippen molar-refractivity contribution in [2.24, 2.45) is 7.05 Å². The molecule has 0 spiro atoms. The van der Waals surface area contributed by atoms with E-state index in [-0.39, 0.29) is 11.4 Å². The van der Waals surface area contributed by atoms with E-state index >= 15 is 0 Å². The number of aliphatic carboxylic acids is 2. The lowest BCUT2D eigenvalue weighted by molar-refractivity contribution is -0.134. The number of carboxylic acids is 2. The van der Waals surface area contributed by atoms with Crippen molar-refractivity contribution in [1.82, 2.24) is 25.0 Å². The van der Waals surface area contributed by atoms with Gasteiger partial charge in [0.05, 0.1) is 11.2 Å². The van der Waals surface area contributed by atoms with E-state index < -0.39 is 11.9 Å². The van der Waals surface area contributed by atoms with Crippen LogP contribution in [0.2, 0.25) is 0 Å². The van der Waals surface area contributed by atoms with Crippen LogP contribution in [0.15, 0.2) is 47.3 Å². The zero-order valence-electron chi connectivity index (χ0n) is 22.6. The van der Waals surface area contributed by atoms with E-state index in [0.717, 1.165) is 43.6 Å². The number of rotatable bonds is 8. The van der Waals surface area contributed by atoms with Crippen LogP contribution in [0.25, 0.3) is 10.9 Å². The fraction of sp³-hybridized carbons (Fsp3) is 0.393. The van der Waals surface area contributed by atoms with E-state index in [1.54, 1.807) is 23.7 Å². The molecule has 2 aliphatic rings. The first-order chi connectivity index (χ1) is 19.7. The summed E-state index contributed by atoms with van der Waals surface area (Å²) >= 11 is 0. The Kier molecular flexibility index (Phi) is 9.98. The molecule has 13 heteroatoms. The number of fused-ring (bicyclic) bond motifs is 2. The van der Waals surface area contributed by atoms with Gasteiger partial charge in [-0.1, -0.05) is 0 Å². The molecule has 41 heavy (non-hydrogen) atoms. The molecule has 0 amide bonds. The lowest BCUT2D eigenvalue weighted by Crippen LogP contribution is -2.43. The van der Waals surface area contributed by atoms with Crippen molar-refractivity contribution in [3.8, 4) is 11.6 Å². The van der Waals surface area contributed by atoms with Crippen molar-refractivity contribution in [2.45, 2.75) is 31.8 Å². The van der Waals surface area contributed by atoms with E-state index in [1.165, 1.54) is 12.1 Å². The Balaban J connectivity index is 0.000000426. The van der Waals surface area contributed by atoms with Crippen LogP contribution < -0.4 is 20.3 Å². The van der Waals surface area contributed by atoms with E-state index in [9.17, 15) is 18.8 Å². The molecular weight excluding hydrogens is 537 g/mol. The van der Waals surface area contributed by atoms with Crippen LogP contribution in [0.5, 0.6) is 11.6 Å². The molecule has 4 heterocycles. The van der Waals surface area contributed by atoms with E-state index in [1.807, 2.05) is 6.07 Å². The summed E-state index contributed by atoms with van der Waals surface area (Å²) in [4.78, 5) is 33.5. The van der Waals surface area contributed by atoms with Crippen LogP contribution in [0, 0.1) is 5.82 Å². The summed E-state index contributed by atoms with van der Waals surface area (Å²) in [6.07, 6.45) is 3.71. The number of piperidine rings is 1. The number of aryl methyl sites for hydroxylation is 1. The summed E-state index contributed by atoms with van der Waals surface area (Å²) in [6.45, 7) is 4.31. The quantitative estimate of drug-likeness (QED) is 0.340. The number of likely N-dealkylation sites (tertiary alicyclic amines) is 1. The van der Waals surface area contributed by atoms with E-state index in [0.29, 0.717) is 67.1 Å². The van der Waals surface area contributed by atoms with Gasteiger partial charge < -0.3 is 34.5 Å². The van der Waals surface area contributed by atoms with Crippen LogP contribution in [0.3, 0.4) is 0 Å². The van der Waals surface area contributed by atoms with Crippen molar-refractivity contribution < 1.29 is 33.7 Å². The Bertz CT molecular complexity index is 1470. The minimum absolute atomic E-state index is 0.121. The molecule has 218 valence electrons. The number of carboxylic acid groups (broad SMARTS) is 2. The van der Waals surface area contributed by atoms with Crippen molar-refractivity contribution >= 4 is 22.8 Å². The third kappa shape index (κ3) is 8.08. The molecule has 0 bridgehead atoms. The van der Waals surface area contributed by atoms with Gasteiger partial charge in [0, 0.05) is 56.0 Å². The molecular formula is C28H32FN5O7. The number of benzene rings is 1. The molecule has 12 nitrogen and oxygen atoms in total. The lowest BCUT2D eigenvalue weighted by atomic mass is 10.0. The van der Waals surface area contributed by atoms with Gasteiger partial charge >= 0.3 is 11.9 Å². The molecule has 2 aromatic heterocycles. The number of ether oxygens (including phenoxy) is 2. The topological polar surface area (TPSA) is 156 Å². The molecule has 0 saturated carbocycles. The number of nitrogens with zero attached hydrogens (tertiary/aromatic N) is 4. The van der Waals surface area contributed by atoms with Gasteiger partial charge in [-0.25, -0.2) is 14.0 Å². The number of hydrogen-bond donors (Lipinski definition) is 3. The van der Waals surface area contributed by atoms with Gasteiger partial charge in [0.15, 0.2) is 5.75 Å². The first kappa shape index (κ1) is 29.6. The fourth-order valence-corrected chi connectivity index (χ4v) is 4.78. The van der Waals surface area contributed by atoms with Crippen molar-refractivity contribution in [3.63, 3.8) is 0 Å². The van der Waals surface area contributed by atoms with Gasteiger partial charge in [-0.3, -0.25) is 4.79 Å². The SMILES string of the molecule is Cn1c(=O)ccc2ccc(F)c(CCN3CCC(NCc4cc5c(nn4)OCCO5)CC3)c21.O=C(O)/C=C/C(=O)O. The number of pyridine rings is 1. The Morgan fingerprint density at radius 2 is 1.76 bits per heavy atom. The van der Waals surface area contributed by atoms with Gasteiger partial charge in [-0.15, -0.1) is 5.10 Å². The van der Waals surface area contributed by atoms with Crippen LogP contribution in [0.4, 0.5) is 4.39 Å². The maximum absolute atomic E-state index is 14.6. The molecule has 3 N–H and O–H groups in total. The Morgan fingerprint density at radius 3 is 2.46 bits per heavy atom. The number of halogens is 1. The third-order valence-electron chi connectivity index (χ3n) is 6.89. The molecule has 0 unspecified atom stereocenters. The third-order valence-corrected chi connectivity index (χ3v) is 6.89. The Morgan fingerprint density at radius 1 is 1.07 bits per heavy atom. The standard InChI is InChI=1S/C24H28FN5O3.C4H4O4/c1-29-22(31)5-3-16-2-4-20(25)19(23(16)29)8-11-30-9-6-17(7-10-30)26-15-18-14-21-24(28-27-18)33-13-12-32-21;5-3(6)1-2-4(7)8/h2-5,14,17,26H,6-13,15H2,1H3;1-2H,(H,5,6)(H,7,8)/b;2-1+. The van der Waals surface area contributed by atoms with Crippen molar-refractivity contribution in [2.75, 3.05) is 32.8 Å². The average Bonchev–Trinajstić information content (AvgIpc) is 2.97. The molecule has 5 rings (SSSR count). The average molecular weight is 570 g/mol. The highest BCUT2D eigenvalue weighted by Gasteiger charge is 2.21. The van der Waals surface area contributed by atoms with Gasteiger partial charge in [0.25, 0.3) is 11.4 Å². The van der Waals surface area contributed by atoms with Gasteiger partial charge in [0.1, 0.15) is 19.0 Å². The molecule has 0 aliphatic carbocycles. The Labute approximate surface area is 235 Å². The highest BCUT2D eigenvalue weighted by atomic mass is 19.1.